The highest BCUT2D eigenvalue weighted by Crippen LogP contribution is 2.19. The highest BCUT2D eigenvalue weighted by Gasteiger charge is 2.25. The van der Waals surface area contributed by atoms with E-state index in [4.69, 9.17) is 4.74 Å². The van der Waals surface area contributed by atoms with Crippen LogP contribution in [-0.4, -0.2) is 53.5 Å². The fourth-order valence-corrected chi connectivity index (χ4v) is 2.67. The third kappa shape index (κ3) is 3.47. The van der Waals surface area contributed by atoms with Crippen molar-refractivity contribution < 1.29 is 14.3 Å². The van der Waals surface area contributed by atoms with E-state index in [1.54, 1.807) is 23.3 Å². The molecule has 1 saturated heterocycles. The maximum absolute atomic E-state index is 12.0. The number of aromatic nitrogens is 1. The Kier molecular flexibility index (Phi) is 4.59. The van der Waals surface area contributed by atoms with Gasteiger partial charge in [-0.15, -0.1) is 11.3 Å². The molecule has 0 bridgehead atoms. The standard InChI is InChI=1S/C13H19N3O3S/c1-9(2)12-14-10(8-20-12)6-15(3)11(17)7-16-4-5-19-13(16)18/h8-9H,4-7H2,1-3H3. The molecule has 2 rings (SSSR count). The van der Waals surface area contributed by atoms with Gasteiger partial charge in [0.05, 0.1) is 23.8 Å². The van der Waals surface area contributed by atoms with Crippen LogP contribution in [0.5, 0.6) is 0 Å². The SMILES string of the molecule is CC(C)c1nc(CN(C)C(=O)CN2CCOC2=O)cs1. The van der Waals surface area contributed by atoms with Gasteiger partial charge in [0.25, 0.3) is 0 Å². The summed E-state index contributed by atoms with van der Waals surface area (Å²) in [7, 11) is 1.72. The van der Waals surface area contributed by atoms with E-state index in [0.29, 0.717) is 25.6 Å². The average molecular weight is 297 g/mol. The van der Waals surface area contributed by atoms with Crippen LogP contribution < -0.4 is 0 Å². The molecule has 0 atom stereocenters. The largest absolute Gasteiger partial charge is 0.448 e. The first-order chi connectivity index (χ1) is 9.47. The van der Waals surface area contributed by atoms with Crippen molar-refractivity contribution in [3.8, 4) is 0 Å². The second-order valence-corrected chi connectivity index (χ2v) is 6.01. The highest BCUT2D eigenvalue weighted by atomic mass is 32.1. The third-order valence-corrected chi connectivity index (χ3v) is 4.25. The first kappa shape index (κ1) is 14.8. The Labute approximate surface area is 122 Å². The van der Waals surface area contributed by atoms with Gasteiger partial charge in [-0.3, -0.25) is 9.69 Å². The average Bonchev–Trinajstić information content (AvgIpc) is 2.99. The Bertz CT molecular complexity index is 501. The van der Waals surface area contributed by atoms with Gasteiger partial charge in [-0.05, 0) is 0 Å². The molecule has 0 unspecified atom stereocenters. The van der Waals surface area contributed by atoms with Gasteiger partial charge in [0.1, 0.15) is 13.2 Å². The number of nitrogens with zero attached hydrogens (tertiary/aromatic N) is 3. The van der Waals surface area contributed by atoms with Crippen LogP contribution in [0.3, 0.4) is 0 Å². The van der Waals surface area contributed by atoms with Crippen molar-refractivity contribution in [1.29, 1.82) is 0 Å². The number of carbonyl (C=O) groups excluding carboxylic acids is 2. The molecule has 0 N–H and O–H groups in total. The Morgan fingerprint density at radius 2 is 2.35 bits per heavy atom. The predicted octanol–water partition coefficient (Wildman–Crippen LogP) is 1.68. The van der Waals surface area contributed by atoms with Crippen molar-refractivity contribution in [3.63, 3.8) is 0 Å². The lowest BCUT2D eigenvalue weighted by atomic mass is 10.2. The van der Waals surface area contributed by atoms with Gasteiger partial charge >= 0.3 is 6.09 Å². The van der Waals surface area contributed by atoms with Crippen LogP contribution in [0, 0.1) is 0 Å². The Hall–Kier alpha value is -1.63. The van der Waals surface area contributed by atoms with Crippen molar-refractivity contribution in [2.75, 3.05) is 26.7 Å². The molecule has 0 aromatic carbocycles. The van der Waals surface area contributed by atoms with Crippen molar-refractivity contribution in [1.82, 2.24) is 14.8 Å². The number of carbonyl (C=O) groups is 2. The second kappa shape index (κ2) is 6.21. The monoisotopic (exact) mass is 297 g/mol. The van der Waals surface area contributed by atoms with Gasteiger partial charge in [0, 0.05) is 18.3 Å². The van der Waals surface area contributed by atoms with Gasteiger partial charge in [0.15, 0.2) is 0 Å². The minimum Gasteiger partial charge on any atom is -0.448 e. The molecule has 7 heteroatoms. The number of ether oxygens (including phenoxy) is 1. The van der Waals surface area contributed by atoms with Crippen LogP contribution in [0.2, 0.25) is 0 Å². The van der Waals surface area contributed by atoms with Crippen LogP contribution in [0.15, 0.2) is 5.38 Å². The summed E-state index contributed by atoms with van der Waals surface area (Å²) in [6.07, 6.45) is -0.414. The fraction of sp³-hybridized carbons (Fsp3) is 0.615. The Balaban J connectivity index is 1.88. The smallest absolute Gasteiger partial charge is 0.410 e. The summed E-state index contributed by atoms with van der Waals surface area (Å²) in [6.45, 7) is 5.56. The van der Waals surface area contributed by atoms with E-state index in [0.717, 1.165) is 10.7 Å². The van der Waals surface area contributed by atoms with Crippen molar-refractivity contribution in [2.45, 2.75) is 26.3 Å². The minimum atomic E-state index is -0.414. The summed E-state index contributed by atoms with van der Waals surface area (Å²) in [4.78, 5) is 30.8. The van der Waals surface area contributed by atoms with E-state index < -0.39 is 6.09 Å². The molecule has 0 saturated carbocycles. The number of cyclic esters (lactones) is 1. The maximum Gasteiger partial charge on any atom is 0.410 e. The zero-order chi connectivity index (χ0) is 14.7. The molecule has 20 heavy (non-hydrogen) atoms. The summed E-state index contributed by atoms with van der Waals surface area (Å²) >= 11 is 1.61. The van der Waals surface area contributed by atoms with E-state index >= 15 is 0 Å². The van der Waals surface area contributed by atoms with Gasteiger partial charge in [-0.25, -0.2) is 9.78 Å². The number of rotatable bonds is 5. The van der Waals surface area contributed by atoms with Crippen LogP contribution in [-0.2, 0) is 16.1 Å². The summed E-state index contributed by atoms with van der Waals surface area (Å²) in [6, 6.07) is 0. The van der Waals surface area contributed by atoms with Crippen molar-refractivity contribution in [3.05, 3.63) is 16.1 Å². The van der Waals surface area contributed by atoms with Gasteiger partial charge < -0.3 is 9.64 Å². The molecule has 1 aromatic heterocycles. The molecule has 110 valence electrons. The first-order valence-electron chi connectivity index (χ1n) is 6.57. The number of thiazole rings is 1. The number of likely N-dealkylation sites (N-methyl/N-ethyl adjacent to an activating group) is 1. The summed E-state index contributed by atoms with van der Waals surface area (Å²) < 4.78 is 4.80. The number of hydrogen-bond donors (Lipinski definition) is 0. The van der Waals surface area contributed by atoms with Crippen LogP contribution in [0.4, 0.5) is 4.79 Å². The molecule has 6 nitrogen and oxygen atoms in total. The quantitative estimate of drug-likeness (QED) is 0.829. The van der Waals surface area contributed by atoms with Gasteiger partial charge in [-0.2, -0.15) is 0 Å². The normalized spacial score (nSPS) is 14.8. The third-order valence-electron chi connectivity index (χ3n) is 3.06. The number of amides is 2. The van der Waals surface area contributed by atoms with Crippen LogP contribution in [0.1, 0.15) is 30.5 Å². The predicted molar refractivity (Wildman–Crippen MR) is 75.6 cm³/mol. The minimum absolute atomic E-state index is 0.0660. The molecular formula is C13H19N3O3S. The molecule has 0 aliphatic carbocycles. The van der Waals surface area contributed by atoms with E-state index in [2.05, 4.69) is 18.8 Å². The highest BCUT2D eigenvalue weighted by molar-refractivity contribution is 7.09. The summed E-state index contributed by atoms with van der Waals surface area (Å²) in [5.41, 5.74) is 0.888. The molecule has 1 aliphatic rings. The molecule has 2 amide bonds. The van der Waals surface area contributed by atoms with E-state index in [9.17, 15) is 9.59 Å². The zero-order valence-corrected chi connectivity index (χ0v) is 12.8. The second-order valence-electron chi connectivity index (χ2n) is 5.12. The number of hydrogen-bond acceptors (Lipinski definition) is 5. The van der Waals surface area contributed by atoms with Gasteiger partial charge in [0.2, 0.25) is 5.91 Å². The van der Waals surface area contributed by atoms with Crippen molar-refractivity contribution >= 4 is 23.3 Å². The van der Waals surface area contributed by atoms with E-state index in [-0.39, 0.29) is 12.5 Å². The summed E-state index contributed by atoms with van der Waals surface area (Å²) in [5.74, 6) is 0.289. The first-order valence-corrected chi connectivity index (χ1v) is 7.45. The zero-order valence-electron chi connectivity index (χ0n) is 12.0. The Morgan fingerprint density at radius 3 is 2.90 bits per heavy atom. The lowest BCUT2D eigenvalue weighted by Gasteiger charge is -2.19. The topological polar surface area (TPSA) is 62.7 Å². The van der Waals surface area contributed by atoms with E-state index in [1.807, 2.05) is 5.38 Å². The molecule has 1 aromatic rings. The molecule has 2 heterocycles. The Morgan fingerprint density at radius 1 is 1.60 bits per heavy atom. The lowest BCUT2D eigenvalue weighted by Crippen LogP contribution is -2.38. The molecule has 0 spiro atoms. The van der Waals surface area contributed by atoms with Crippen molar-refractivity contribution in [2.24, 2.45) is 0 Å². The van der Waals surface area contributed by atoms with Gasteiger partial charge in [-0.1, -0.05) is 13.8 Å². The molecule has 0 radical (unpaired) electrons. The molecule has 1 fully saturated rings. The fourth-order valence-electron chi connectivity index (χ4n) is 1.84. The lowest BCUT2D eigenvalue weighted by molar-refractivity contribution is -0.131. The molecule has 1 aliphatic heterocycles. The van der Waals surface area contributed by atoms with Crippen LogP contribution >= 0.6 is 11.3 Å². The molecular weight excluding hydrogens is 278 g/mol. The summed E-state index contributed by atoms with van der Waals surface area (Å²) in [5, 5.41) is 3.05. The van der Waals surface area contributed by atoms with Crippen LogP contribution in [0.25, 0.3) is 0 Å². The maximum atomic E-state index is 12.0. The van der Waals surface area contributed by atoms with E-state index in [1.165, 1.54) is 4.90 Å².